The summed E-state index contributed by atoms with van der Waals surface area (Å²) in [6.45, 7) is 0.828. The van der Waals surface area contributed by atoms with Crippen molar-refractivity contribution in [3.8, 4) is 0 Å². The number of benzene rings is 2. The standard InChI is InChI=1S/C18H21N3O3S/c1-21(15-8-3-2-4-9-15)25(23,24)16-10-5-7-14(13-16)20-18(22)17-11-6-12-19-17/h2-5,7-10,13,17,19H,6,11-12H2,1H3,(H,20,22). The molecular weight excluding hydrogens is 338 g/mol. The molecule has 25 heavy (non-hydrogen) atoms. The van der Waals surface area contributed by atoms with Crippen molar-refractivity contribution in [2.24, 2.45) is 0 Å². The molecule has 2 N–H and O–H groups in total. The normalized spacial score (nSPS) is 17.2. The van der Waals surface area contributed by atoms with E-state index in [4.69, 9.17) is 0 Å². The molecule has 1 heterocycles. The second-order valence-corrected chi connectivity index (χ2v) is 7.94. The molecule has 1 amide bonds. The third-order valence-electron chi connectivity index (χ3n) is 4.26. The number of carbonyl (C=O) groups is 1. The van der Waals surface area contributed by atoms with Gasteiger partial charge in [-0.1, -0.05) is 24.3 Å². The Labute approximate surface area is 147 Å². The van der Waals surface area contributed by atoms with E-state index in [0.717, 1.165) is 19.4 Å². The number of anilines is 2. The highest BCUT2D eigenvalue weighted by atomic mass is 32.2. The molecule has 0 radical (unpaired) electrons. The summed E-state index contributed by atoms with van der Waals surface area (Å²) in [5, 5.41) is 5.91. The first kappa shape index (κ1) is 17.4. The molecule has 1 aliphatic heterocycles. The van der Waals surface area contributed by atoms with Crippen molar-refractivity contribution in [3.63, 3.8) is 0 Å². The Bertz CT molecular complexity index is 847. The molecule has 0 bridgehead atoms. The van der Waals surface area contributed by atoms with E-state index in [9.17, 15) is 13.2 Å². The summed E-state index contributed by atoms with van der Waals surface area (Å²) in [7, 11) is -2.19. The lowest BCUT2D eigenvalue weighted by atomic mass is 10.2. The second-order valence-electron chi connectivity index (χ2n) is 5.97. The zero-order chi connectivity index (χ0) is 17.9. The van der Waals surface area contributed by atoms with Gasteiger partial charge in [0.25, 0.3) is 10.0 Å². The van der Waals surface area contributed by atoms with E-state index >= 15 is 0 Å². The Morgan fingerprint density at radius 1 is 1.16 bits per heavy atom. The molecule has 2 aromatic rings. The minimum Gasteiger partial charge on any atom is -0.325 e. The maximum absolute atomic E-state index is 12.8. The highest BCUT2D eigenvalue weighted by Crippen LogP contribution is 2.24. The van der Waals surface area contributed by atoms with Crippen LogP contribution in [0, 0.1) is 0 Å². The van der Waals surface area contributed by atoms with Crippen molar-refractivity contribution in [1.82, 2.24) is 5.32 Å². The number of hydrogen-bond acceptors (Lipinski definition) is 4. The van der Waals surface area contributed by atoms with E-state index in [1.54, 1.807) is 36.4 Å². The number of carbonyl (C=O) groups excluding carboxylic acids is 1. The number of sulfonamides is 1. The minimum atomic E-state index is -3.70. The van der Waals surface area contributed by atoms with Gasteiger partial charge in [0.05, 0.1) is 16.6 Å². The smallest absolute Gasteiger partial charge is 0.264 e. The second kappa shape index (κ2) is 7.25. The maximum atomic E-state index is 12.8. The first-order valence-electron chi connectivity index (χ1n) is 8.17. The van der Waals surface area contributed by atoms with Gasteiger partial charge in [-0.05, 0) is 49.7 Å². The molecule has 0 aromatic heterocycles. The predicted octanol–water partition coefficient (Wildman–Crippen LogP) is 2.20. The predicted molar refractivity (Wildman–Crippen MR) is 98.1 cm³/mol. The molecule has 1 saturated heterocycles. The van der Waals surface area contributed by atoms with Gasteiger partial charge in [0.15, 0.2) is 0 Å². The lowest BCUT2D eigenvalue weighted by molar-refractivity contribution is -0.117. The van der Waals surface area contributed by atoms with Gasteiger partial charge in [-0.25, -0.2) is 8.42 Å². The third kappa shape index (κ3) is 3.83. The summed E-state index contributed by atoms with van der Waals surface area (Å²) in [5.74, 6) is -0.136. The van der Waals surface area contributed by atoms with Crippen LogP contribution in [0.2, 0.25) is 0 Å². The SMILES string of the molecule is CN(c1ccccc1)S(=O)(=O)c1cccc(NC(=O)C2CCCN2)c1. The Kier molecular flexibility index (Phi) is 5.06. The van der Waals surface area contributed by atoms with Gasteiger partial charge in [0.1, 0.15) is 0 Å². The van der Waals surface area contributed by atoms with Crippen LogP contribution in [-0.4, -0.2) is 34.0 Å². The van der Waals surface area contributed by atoms with Gasteiger partial charge in [0.2, 0.25) is 5.91 Å². The summed E-state index contributed by atoms with van der Waals surface area (Å²) < 4.78 is 26.9. The van der Waals surface area contributed by atoms with Gasteiger partial charge in [-0.2, -0.15) is 0 Å². The van der Waals surface area contributed by atoms with Crippen LogP contribution in [0.4, 0.5) is 11.4 Å². The van der Waals surface area contributed by atoms with Gasteiger partial charge < -0.3 is 10.6 Å². The van der Waals surface area contributed by atoms with E-state index in [1.165, 1.54) is 23.5 Å². The Hall–Kier alpha value is -2.38. The molecule has 1 aliphatic rings. The van der Waals surface area contributed by atoms with Crippen molar-refractivity contribution in [3.05, 3.63) is 54.6 Å². The molecule has 6 nitrogen and oxygen atoms in total. The summed E-state index contributed by atoms with van der Waals surface area (Å²) >= 11 is 0. The highest BCUT2D eigenvalue weighted by Gasteiger charge is 2.24. The fourth-order valence-electron chi connectivity index (χ4n) is 2.81. The van der Waals surface area contributed by atoms with Crippen molar-refractivity contribution >= 4 is 27.3 Å². The fraction of sp³-hybridized carbons (Fsp3) is 0.278. The number of rotatable bonds is 5. The van der Waals surface area contributed by atoms with Gasteiger partial charge in [-0.3, -0.25) is 9.10 Å². The molecule has 0 spiro atoms. The van der Waals surface area contributed by atoms with Gasteiger partial charge in [-0.15, -0.1) is 0 Å². The summed E-state index contributed by atoms with van der Waals surface area (Å²) in [4.78, 5) is 12.3. The molecule has 1 fully saturated rings. The largest absolute Gasteiger partial charge is 0.325 e. The Balaban J connectivity index is 1.81. The van der Waals surface area contributed by atoms with E-state index in [0.29, 0.717) is 11.4 Å². The molecular formula is C18H21N3O3S. The highest BCUT2D eigenvalue weighted by molar-refractivity contribution is 7.92. The number of nitrogens with one attached hydrogen (secondary N) is 2. The summed E-state index contributed by atoms with van der Waals surface area (Å²) in [5.41, 5.74) is 1.05. The van der Waals surface area contributed by atoms with Crippen LogP contribution in [0.3, 0.4) is 0 Å². The van der Waals surface area contributed by atoms with Crippen molar-refractivity contribution in [2.75, 3.05) is 23.2 Å². The van der Waals surface area contributed by atoms with Crippen molar-refractivity contribution in [1.29, 1.82) is 0 Å². The van der Waals surface area contributed by atoms with Gasteiger partial charge in [0, 0.05) is 12.7 Å². The topological polar surface area (TPSA) is 78.5 Å². The van der Waals surface area contributed by atoms with Crippen molar-refractivity contribution < 1.29 is 13.2 Å². The Morgan fingerprint density at radius 3 is 2.60 bits per heavy atom. The molecule has 1 unspecified atom stereocenters. The van der Waals surface area contributed by atoms with E-state index in [-0.39, 0.29) is 16.8 Å². The average Bonchev–Trinajstić information content (AvgIpc) is 3.17. The van der Waals surface area contributed by atoms with Crippen LogP contribution in [0.1, 0.15) is 12.8 Å². The van der Waals surface area contributed by atoms with Crippen LogP contribution >= 0.6 is 0 Å². The van der Waals surface area contributed by atoms with Crippen LogP contribution < -0.4 is 14.9 Å². The lowest BCUT2D eigenvalue weighted by Crippen LogP contribution is -2.35. The molecule has 7 heteroatoms. The summed E-state index contributed by atoms with van der Waals surface area (Å²) in [6.07, 6.45) is 1.76. The van der Waals surface area contributed by atoms with Crippen molar-refractivity contribution in [2.45, 2.75) is 23.8 Å². The number of amides is 1. The zero-order valence-electron chi connectivity index (χ0n) is 14.0. The Morgan fingerprint density at radius 2 is 1.92 bits per heavy atom. The van der Waals surface area contributed by atoms with Crippen LogP contribution in [-0.2, 0) is 14.8 Å². The first-order valence-corrected chi connectivity index (χ1v) is 9.61. The zero-order valence-corrected chi connectivity index (χ0v) is 14.8. The van der Waals surface area contributed by atoms with Crippen LogP contribution in [0.25, 0.3) is 0 Å². The summed E-state index contributed by atoms with van der Waals surface area (Å²) in [6, 6.07) is 15.0. The molecule has 1 atom stereocenters. The average molecular weight is 359 g/mol. The quantitative estimate of drug-likeness (QED) is 0.858. The number of hydrogen-bond donors (Lipinski definition) is 2. The van der Waals surface area contributed by atoms with Crippen LogP contribution in [0.5, 0.6) is 0 Å². The van der Waals surface area contributed by atoms with E-state index in [2.05, 4.69) is 10.6 Å². The lowest BCUT2D eigenvalue weighted by Gasteiger charge is -2.20. The van der Waals surface area contributed by atoms with E-state index in [1.807, 2.05) is 6.07 Å². The van der Waals surface area contributed by atoms with E-state index < -0.39 is 10.0 Å². The monoisotopic (exact) mass is 359 g/mol. The molecule has 3 rings (SSSR count). The third-order valence-corrected chi connectivity index (χ3v) is 6.04. The molecule has 2 aromatic carbocycles. The number of para-hydroxylation sites is 1. The maximum Gasteiger partial charge on any atom is 0.264 e. The number of nitrogens with zero attached hydrogens (tertiary/aromatic N) is 1. The minimum absolute atomic E-state index is 0.135. The molecule has 0 saturated carbocycles. The van der Waals surface area contributed by atoms with Crippen LogP contribution in [0.15, 0.2) is 59.5 Å². The molecule has 132 valence electrons. The molecule has 0 aliphatic carbocycles. The van der Waals surface area contributed by atoms with Gasteiger partial charge >= 0.3 is 0 Å². The fourth-order valence-corrected chi connectivity index (χ4v) is 4.05. The first-order chi connectivity index (χ1) is 12.0.